The predicted octanol–water partition coefficient (Wildman–Crippen LogP) is 4.28. The van der Waals surface area contributed by atoms with Gasteiger partial charge in [0.05, 0.1) is 11.8 Å². The Balaban J connectivity index is 2.38. The largest absolute Gasteiger partial charge is 0.299 e. The first kappa shape index (κ1) is 16.1. The third kappa shape index (κ3) is 3.69. The minimum Gasteiger partial charge on any atom is -0.299 e. The Labute approximate surface area is 133 Å². The van der Waals surface area contributed by atoms with Crippen LogP contribution in [-0.4, -0.2) is 5.78 Å². The van der Waals surface area contributed by atoms with Gasteiger partial charge in [0.25, 0.3) is 0 Å². The van der Waals surface area contributed by atoms with Crippen molar-refractivity contribution < 1.29 is 4.79 Å². The zero-order valence-corrected chi connectivity index (χ0v) is 13.3. The van der Waals surface area contributed by atoms with Gasteiger partial charge in [0.15, 0.2) is 0 Å². The molecule has 1 nitrogen and oxygen atoms in total. The lowest BCUT2D eigenvalue weighted by Crippen LogP contribution is -2.23. The van der Waals surface area contributed by atoms with Crippen molar-refractivity contribution in [2.24, 2.45) is 11.8 Å². The minimum absolute atomic E-state index is 0.183. The van der Waals surface area contributed by atoms with Crippen molar-refractivity contribution in [1.82, 2.24) is 0 Å². The summed E-state index contributed by atoms with van der Waals surface area (Å²) in [5, 5.41) is 0. The molecule has 1 aromatic rings. The van der Waals surface area contributed by atoms with Crippen molar-refractivity contribution in [3.63, 3.8) is 0 Å². The van der Waals surface area contributed by atoms with E-state index < -0.39 is 0 Å². The Morgan fingerprint density at radius 1 is 1.32 bits per heavy atom. The maximum atomic E-state index is 12.8. The Hall–Kier alpha value is -2.25. The molecule has 2 rings (SSSR count). The smallest absolute Gasteiger partial charge is 0.144 e. The molecule has 0 saturated heterocycles. The van der Waals surface area contributed by atoms with Gasteiger partial charge in [0.2, 0.25) is 0 Å². The van der Waals surface area contributed by atoms with E-state index in [-0.39, 0.29) is 23.5 Å². The zero-order valence-electron chi connectivity index (χ0n) is 13.3. The van der Waals surface area contributed by atoms with Crippen LogP contribution in [-0.2, 0) is 4.79 Å². The van der Waals surface area contributed by atoms with Crippen LogP contribution in [0.25, 0.3) is 0 Å². The molecular weight excluding hydrogens is 268 g/mol. The standard InChI is InChI=1S/C21H22O/c1-5-7-8-16(4)19(6-2)20(21(22)18-13-14-18)17-11-9-15(3)10-12-17/h1-2,8-12,18-20H,7,13-14H2,3-4H3. The number of terminal acetylenes is 2. The van der Waals surface area contributed by atoms with Gasteiger partial charge in [-0.1, -0.05) is 47.4 Å². The Morgan fingerprint density at radius 3 is 2.45 bits per heavy atom. The Morgan fingerprint density at radius 2 is 1.95 bits per heavy atom. The van der Waals surface area contributed by atoms with E-state index in [1.165, 1.54) is 5.56 Å². The molecular formula is C21H22O. The molecule has 1 fully saturated rings. The number of aryl methyl sites for hydroxylation is 1. The molecule has 22 heavy (non-hydrogen) atoms. The summed E-state index contributed by atoms with van der Waals surface area (Å²) in [6.07, 6.45) is 15.6. The fourth-order valence-corrected chi connectivity index (χ4v) is 2.75. The lowest BCUT2D eigenvalue weighted by molar-refractivity contribution is -0.122. The van der Waals surface area contributed by atoms with Crippen LogP contribution in [0.2, 0.25) is 0 Å². The highest BCUT2D eigenvalue weighted by molar-refractivity contribution is 5.90. The Bertz CT molecular complexity index is 645. The monoisotopic (exact) mass is 290 g/mol. The lowest BCUT2D eigenvalue weighted by Gasteiger charge is -2.24. The fourth-order valence-electron chi connectivity index (χ4n) is 2.75. The van der Waals surface area contributed by atoms with Gasteiger partial charge in [-0.25, -0.2) is 0 Å². The predicted molar refractivity (Wildman–Crippen MR) is 91.2 cm³/mol. The van der Waals surface area contributed by atoms with E-state index in [0.29, 0.717) is 6.42 Å². The van der Waals surface area contributed by atoms with Crippen LogP contribution >= 0.6 is 0 Å². The van der Waals surface area contributed by atoms with E-state index in [2.05, 4.69) is 11.8 Å². The summed E-state index contributed by atoms with van der Waals surface area (Å²) in [5.41, 5.74) is 3.21. The summed E-state index contributed by atoms with van der Waals surface area (Å²) >= 11 is 0. The molecule has 2 unspecified atom stereocenters. The van der Waals surface area contributed by atoms with E-state index in [1.807, 2.05) is 44.2 Å². The average Bonchev–Trinajstić information content (AvgIpc) is 3.35. The second-order valence-corrected chi connectivity index (χ2v) is 6.07. The van der Waals surface area contributed by atoms with Crippen LogP contribution in [0.4, 0.5) is 0 Å². The van der Waals surface area contributed by atoms with Crippen LogP contribution in [0.5, 0.6) is 0 Å². The SMILES string of the molecule is C#CCC=C(C)C(C#C)C(C(=O)C1CC1)c1ccc(C)cc1. The van der Waals surface area contributed by atoms with Gasteiger partial charge in [-0.05, 0) is 32.3 Å². The van der Waals surface area contributed by atoms with Crippen molar-refractivity contribution >= 4 is 5.78 Å². The third-order valence-electron chi connectivity index (χ3n) is 4.27. The highest BCUT2D eigenvalue weighted by Crippen LogP contribution is 2.40. The molecule has 0 aromatic heterocycles. The first-order valence-electron chi connectivity index (χ1n) is 7.75. The number of carbonyl (C=O) groups excluding carboxylic acids is 1. The van der Waals surface area contributed by atoms with Gasteiger partial charge >= 0.3 is 0 Å². The van der Waals surface area contributed by atoms with Crippen molar-refractivity contribution in [2.45, 2.75) is 39.0 Å². The summed E-state index contributed by atoms with van der Waals surface area (Å²) in [4.78, 5) is 12.8. The molecule has 0 heterocycles. The first-order chi connectivity index (χ1) is 10.6. The highest BCUT2D eigenvalue weighted by atomic mass is 16.1. The van der Waals surface area contributed by atoms with Gasteiger partial charge in [0, 0.05) is 12.3 Å². The molecule has 2 atom stereocenters. The van der Waals surface area contributed by atoms with Crippen LogP contribution in [0.15, 0.2) is 35.9 Å². The molecule has 0 radical (unpaired) electrons. The topological polar surface area (TPSA) is 17.1 Å². The molecule has 1 saturated carbocycles. The molecule has 112 valence electrons. The number of Topliss-reactive ketones (excluding diaryl/α,β-unsaturated/α-hetero) is 1. The van der Waals surface area contributed by atoms with E-state index >= 15 is 0 Å². The highest BCUT2D eigenvalue weighted by Gasteiger charge is 2.39. The minimum atomic E-state index is -0.257. The summed E-state index contributed by atoms with van der Waals surface area (Å²) in [5.74, 6) is 5.41. The van der Waals surface area contributed by atoms with Crippen LogP contribution in [0.3, 0.4) is 0 Å². The van der Waals surface area contributed by atoms with Gasteiger partial charge in [-0.3, -0.25) is 4.79 Å². The maximum absolute atomic E-state index is 12.8. The van der Waals surface area contributed by atoms with E-state index in [4.69, 9.17) is 12.8 Å². The van der Waals surface area contributed by atoms with E-state index in [9.17, 15) is 4.79 Å². The molecule has 0 amide bonds. The molecule has 0 spiro atoms. The van der Waals surface area contributed by atoms with E-state index in [1.54, 1.807) is 0 Å². The van der Waals surface area contributed by atoms with Gasteiger partial charge in [-0.2, -0.15) is 0 Å². The summed E-state index contributed by atoms with van der Waals surface area (Å²) < 4.78 is 0. The number of carbonyl (C=O) groups is 1. The molecule has 1 aromatic carbocycles. The quantitative estimate of drug-likeness (QED) is 0.564. The molecule has 0 N–H and O–H groups in total. The molecule has 0 bridgehead atoms. The average molecular weight is 290 g/mol. The van der Waals surface area contributed by atoms with E-state index in [0.717, 1.165) is 24.0 Å². The number of ketones is 1. The zero-order chi connectivity index (χ0) is 16.1. The normalized spacial score (nSPS) is 17.2. The first-order valence-corrected chi connectivity index (χ1v) is 7.75. The van der Waals surface area contributed by atoms with Crippen molar-refractivity contribution in [3.05, 3.63) is 47.0 Å². The molecule has 1 heteroatoms. The van der Waals surface area contributed by atoms with Gasteiger partial charge in [0.1, 0.15) is 5.78 Å². The van der Waals surface area contributed by atoms with Crippen molar-refractivity contribution in [3.8, 4) is 24.7 Å². The van der Waals surface area contributed by atoms with Crippen molar-refractivity contribution in [2.75, 3.05) is 0 Å². The fraction of sp³-hybridized carbons (Fsp3) is 0.381. The lowest BCUT2D eigenvalue weighted by atomic mass is 9.77. The maximum Gasteiger partial charge on any atom is 0.144 e. The summed E-state index contributed by atoms with van der Waals surface area (Å²) in [6.45, 7) is 4.02. The molecule has 0 aliphatic heterocycles. The number of benzene rings is 1. The second kappa shape index (κ2) is 7.15. The molecule has 1 aliphatic carbocycles. The van der Waals surface area contributed by atoms with Gasteiger partial charge in [-0.15, -0.1) is 18.8 Å². The number of allylic oxidation sites excluding steroid dienone is 2. The van der Waals surface area contributed by atoms with Gasteiger partial charge < -0.3 is 0 Å². The second-order valence-electron chi connectivity index (χ2n) is 6.07. The summed E-state index contributed by atoms with van der Waals surface area (Å²) in [7, 11) is 0. The number of hydrogen-bond donors (Lipinski definition) is 0. The Kier molecular flexibility index (Phi) is 5.24. The third-order valence-corrected chi connectivity index (χ3v) is 4.27. The molecule has 1 aliphatic rings. The van der Waals surface area contributed by atoms with Crippen LogP contribution in [0.1, 0.15) is 43.2 Å². The van der Waals surface area contributed by atoms with Crippen molar-refractivity contribution in [1.29, 1.82) is 0 Å². The number of rotatable bonds is 6. The van der Waals surface area contributed by atoms with Crippen LogP contribution in [0, 0.1) is 43.4 Å². The summed E-state index contributed by atoms with van der Waals surface area (Å²) in [6, 6.07) is 8.13. The van der Waals surface area contributed by atoms with Crippen LogP contribution < -0.4 is 0 Å². The number of hydrogen-bond acceptors (Lipinski definition) is 1.